The van der Waals surface area contributed by atoms with Crippen LogP contribution in [0.5, 0.6) is 0 Å². The first-order valence-electron chi connectivity index (χ1n) is 6.05. The Morgan fingerprint density at radius 1 is 1.36 bits per heavy atom. The number of hydrogen-bond acceptors (Lipinski definition) is 2. The third-order valence-corrected chi connectivity index (χ3v) is 3.94. The molecular weight excluding hydrogens is 172 g/mol. The lowest BCUT2D eigenvalue weighted by Crippen LogP contribution is -2.33. The van der Waals surface area contributed by atoms with Gasteiger partial charge in [0.05, 0.1) is 0 Å². The van der Waals surface area contributed by atoms with E-state index in [0.29, 0.717) is 11.3 Å². The van der Waals surface area contributed by atoms with Gasteiger partial charge in [0, 0.05) is 6.54 Å². The first-order chi connectivity index (χ1) is 6.64. The monoisotopic (exact) mass is 198 g/mol. The van der Waals surface area contributed by atoms with Crippen LogP contribution in [0.1, 0.15) is 40.0 Å². The van der Waals surface area contributed by atoms with E-state index in [1.165, 1.54) is 25.8 Å². The van der Waals surface area contributed by atoms with Gasteiger partial charge >= 0.3 is 0 Å². The molecule has 0 radical (unpaired) electrons. The normalized spacial score (nSPS) is 21.2. The van der Waals surface area contributed by atoms with E-state index in [9.17, 15) is 0 Å². The minimum atomic E-state index is 0.632. The van der Waals surface area contributed by atoms with Crippen LogP contribution in [0.3, 0.4) is 0 Å². The van der Waals surface area contributed by atoms with Gasteiger partial charge in [-0.05, 0) is 43.2 Å². The van der Waals surface area contributed by atoms with Crippen LogP contribution in [0.4, 0.5) is 0 Å². The molecule has 0 saturated heterocycles. The van der Waals surface area contributed by atoms with Crippen LogP contribution in [0.2, 0.25) is 0 Å². The summed E-state index contributed by atoms with van der Waals surface area (Å²) in [6.45, 7) is 10.0. The molecule has 1 atom stereocenters. The summed E-state index contributed by atoms with van der Waals surface area (Å²) in [4.78, 5) is 0. The number of nitrogens with one attached hydrogen (secondary N) is 1. The smallest absolute Gasteiger partial charge is 0.00104 e. The summed E-state index contributed by atoms with van der Waals surface area (Å²) in [5.41, 5.74) is 6.30. The van der Waals surface area contributed by atoms with E-state index in [4.69, 9.17) is 5.73 Å². The van der Waals surface area contributed by atoms with Crippen molar-refractivity contribution in [2.45, 2.75) is 40.0 Å². The molecule has 0 amide bonds. The van der Waals surface area contributed by atoms with Crippen LogP contribution < -0.4 is 11.1 Å². The second kappa shape index (κ2) is 5.13. The Balaban J connectivity index is 2.15. The van der Waals surface area contributed by atoms with Gasteiger partial charge in [-0.25, -0.2) is 0 Å². The SMILES string of the molecule is CCC(CN)CNCC1(C(C)C)CC1. The van der Waals surface area contributed by atoms with Crippen molar-refractivity contribution in [2.75, 3.05) is 19.6 Å². The molecule has 0 bridgehead atoms. The predicted molar refractivity (Wildman–Crippen MR) is 62.2 cm³/mol. The summed E-state index contributed by atoms with van der Waals surface area (Å²) < 4.78 is 0. The van der Waals surface area contributed by atoms with Gasteiger partial charge in [0.1, 0.15) is 0 Å². The minimum absolute atomic E-state index is 0.632. The summed E-state index contributed by atoms with van der Waals surface area (Å²) in [5, 5.41) is 3.59. The molecule has 0 spiro atoms. The summed E-state index contributed by atoms with van der Waals surface area (Å²) in [6, 6.07) is 0. The summed E-state index contributed by atoms with van der Waals surface area (Å²) in [6.07, 6.45) is 4.02. The quantitative estimate of drug-likeness (QED) is 0.656. The molecule has 0 aromatic rings. The van der Waals surface area contributed by atoms with E-state index in [1.54, 1.807) is 0 Å². The van der Waals surface area contributed by atoms with Crippen LogP contribution >= 0.6 is 0 Å². The molecule has 2 heteroatoms. The molecule has 0 aromatic heterocycles. The number of hydrogen-bond donors (Lipinski definition) is 2. The van der Waals surface area contributed by atoms with E-state index in [0.717, 1.165) is 19.0 Å². The second-order valence-electron chi connectivity index (χ2n) is 5.16. The van der Waals surface area contributed by atoms with Crippen LogP contribution in [0.15, 0.2) is 0 Å². The topological polar surface area (TPSA) is 38.0 Å². The van der Waals surface area contributed by atoms with Crippen molar-refractivity contribution in [3.05, 3.63) is 0 Å². The molecular formula is C12H26N2. The lowest BCUT2D eigenvalue weighted by molar-refractivity contribution is 0.325. The highest BCUT2D eigenvalue weighted by molar-refractivity contribution is 4.97. The zero-order valence-electron chi connectivity index (χ0n) is 9.97. The van der Waals surface area contributed by atoms with Crippen molar-refractivity contribution in [1.82, 2.24) is 5.32 Å². The maximum Gasteiger partial charge on any atom is 0.00104 e. The fourth-order valence-corrected chi connectivity index (χ4v) is 2.04. The first kappa shape index (κ1) is 12.0. The fraction of sp³-hybridized carbons (Fsp3) is 1.00. The van der Waals surface area contributed by atoms with E-state index in [2.05, 4.69) is 26.1 Å². The highest BCUT2D eigenvalue weighted by atomic mass is 14.9. The Morgan fingerprint density at radius 3 is 2.36 bits per heavy atom. The van der Waals surface area contributed by atoms with Gasteiger partial charge in [0.15, 0.2) is 0 Å². The molecule has 0 heterocycles. The van der Waals surface area contributed by atoms with Crippen molar-refractivity contribution < 1.29 is 0 Å². The van der Waals surface area contributed by atoms with Gasteiger partial charge in [0.25, 0.3) is 0 Å². The molecule has 1 unspecified atom stereocenters. The average molecular weight is 198 g/mol. The highest BCUT2D eigenvalue weighted by Crippen LogP contribution is 2.51. The summed E-state index contributed by atoms with van der Waals surface area (Å²) in [7, 11) is 0. The maximum atomic E-state index is 5.67. The highest BCUT2D eigenvalue weighted by Gasteiger charge is 2.44. The van der Waals surface area contributed by atoms with Crippen LogP contribution in [0.25, 0.3) is 0 Å². The lowest BCUT2D eigenvalue weighted by Gasteiger charge is -2.22. The third-order valence-electron chi connectivity index (χ3n) is 3.94. The number of nitrogens with two attached hydrogens (primary N) is 1. The lowest BCUT2D eigenvalue weighted by atomic mass is 9.92. The minimum Gasteiger partial charge on any atom is -0.330 e. The Kier molecular flexibility index (Phi) is 4.39. The van der Waals surface area contributed by atoms with Crippen molar-refractivity contribution in [3.8, 4) is 0 Å². The van der Waals surface area contributed by atoms with Gasteiger partial charge in [-0.15, -0.1) is 0 Å². The van der Waals surface area contributed by atoms with E-state index in [-0.39, 0.29) is 0 Å². The van der Waals surface area contributed by atoms with Crippen molar-refractivity contribution in [1.29, 1.82) is 0 Å². The first-order valence-corrected chi connectivity index (χ1v) is 6.05. The van der Waals surface area contributed by atoms with E-state index < -0.39 is 0 Å². The van der Waals surface area contributed by atoms with E-state index >= 15 is 0 Å². The Hall–Kier alpha value is -0.0800. The Morgan fingerprint density at radius 2 is 2.00 bits per heavy atom. The molecule has 1 fully saturated rings. The molecule has 2 nitrogen and oxygen atoms in total. The number of rotatable bonds is 7. The van der Waals surface area contributed by atoms with Crippen molar-refractivity contribution >= 4 is 0 Å². The molecule has 1 aliphatic carbocycles. The summed E-state index contributed by atoms with van der Waals surface area (Å²) in [5.74, 6) is 1.49. The molecule has 14 heavy (non-hydrogen) atoms. The molecule has 1 aliphatic rings. The summed E-state index contributed by atoms with van der Waals surface area (Å²) >= 11 is 0. The van der Waals surface area contributed by atoms with Gasteiger partial charge in [-0.1, -0.05) is 27.2 Å². The largest absolute Gasteiger partial charge is 0.330 e. The van der Waals surface area contributed by atoms with Crippen LogP contribution in [-0.4, -0.2) is 19.6 Å². The van der Waals surface area contributed by atoms with Gasteiger partial charge in [-0.2, -0.15) is 0 Å². The molecule has 0 aliphatic heterocycles. The Labute approximate surface area is 88.6 Å². The van der Waals surface area contributed by atoms with E-state index in [1.807, 2.05) is 0 Å². The zero-order chi connectivity index (χ0) is 10.6. The average Bonchev–Trinajstić information content (AvgIpc) is 2.93. The van der Waals surface area contributed by atoms with Crippen molar-refractivity contribution in [3.63, 3.8) is 0 Å². The van der Waals surface area contributed by atoms with Crippen LogP contribution in [-0.2, 0) is 0 Å². The van der Waals surface area contributed by atoms with Gasteiger partial charge in [0.2, 0.25) is 0 Å². The Bertz CT molecular complexity index is 158. The molecule has 0 aromatic carbocycles. The second-order valence-corrected chi connectivity index (χ2v) is 5.16. The molecule has 1 saturated carbocycles. The van der Waals surface area contributed by atoms with Gasteiger partial charge < -0.3 is 11.1 Å². The zero-order valence-corrected chi connectivity index (χ0v) is 9.97. The predicted octanol–water partition coefficient (Wildman–Crippen LogP) is 2.00. The third kappa shape index (κ3) is 2.96. The maximum absolute atomic E-state index is 5.67. The standard InChI is InChI=1S/C12H26N2/c1-4-11(7-13)8-14-9-12(5-6-12)10(2)3/h10-11,14H,4-9,13H2,1-3H3. The van der Waals surface area contributed by atoms with Crippen LogP contribution in [0, 0.1) is 17.3 Å². The van der Waals surface area contributed by atoms with Crippen molar-refractivity contribution in [2.24, 2.45) is 23.0 Å². The molecule has 3 N–H and O–H groups in total. The molecule has 1 rings (SSSR count). The van der Waals surface area contributed by atoms with Gasteiger partial charge in [-0.3, -0.25) is 0 Å². The fourth-order valence-electron chi connectivity index (χ4n) is 2.04. The molecule has 84 valence electrons.